The van der Waals surface area contributed by atoms with Crippen LogP contribution in [0.25, 0.3) is 17.8 Å². The van der Waals surface area contributed by atoms with Crippen molar-refractivity contribution < 1.29 is 13.2 Å². The summed E-state index contributed by atoms with van der Waals surface area (Å²) < 4.78 is 32.4. The highest BCUT2D eigenvalue weighted by atomic mass is 35.5. The maximum atomic E-state index is 12.3. The van der Waals surface area contributed by atoms with Crippen LogP contribution in [0.5, 0.6) is 5.75 Å². The fourth-order valence-electron chi connectivity index (χ4n) is 3.46. The molecular weight excluding hydrogens is 450 g/mol. The van der Waals surface area contributed by atoms with Crippen molar-refractivity contribution in [2.24, 2.45) is 0 Å². The summed E-state index contributed by atoms with van der Waals surface area (Å²) in [4.78, 5) is 15.7. The minimum Gasteiger partial charge on any atom is -0.496 e. The van der Waals surface area contributed by atoms with Crippen LogP contribution in [0.1, 0.15) is 29.5 Å². The zero-order valence-corrected chi connectivity index (χ0v) is 19.2. The largest absolute Gasteiger partial charge is 0.496 e. The van der Waals surface area contributed by atoms with Gasteiger partial charge in [0.25, 0.3) is 5.56 Å². The van der Waals surface area contributed by atoms with E-state index in [-0.39, 0.29) is 5.56 Å². The molecule has 166 valence electrons. The normalized spacial score (nSPS) is 15.0. The zero-order chi connectivity index (χ0) is 22.9. The van der Waals surface area contributed by atoms with Crippen molar-refractivity contribution in [1.82, 2.24) is 9.55 Å². The smallest absolute Gasteiger partial charge is 0.273 e. The van der Waals surface area contributed by atoms with Crippen molar-refractivity contribution in [1.29, 1.82) is 0 Å². The Labute approximate surface area is 191 Å². The first kappa shape index (κ1) is 22.1. The van der Waals surface area contributed by atoms with Gasteiger partial charge in [0.1, 0.15) is 5.75 Å². The van der Waals surface area contributed by atoms with Gasteiger partial charge in [0.15, 0.2) is 0 Å². The molecule has 1 saturated carbocycles. The molecule has 1 N–H and O–H groups in total. The highest BCUT2D eigenvalue weighted by Gasteiger charge is 2.45. The van der Waals surface area contributed by atoms with Gasteiger partial charge in [0.05, 0.1) is 24.4 Å². The van der Waals surface area contributed by atoms with Gasteiger partial charge < -0.3 is 4.74 Å². The summed E-state index contributed by atoms with van der Waals surface area (Å²) in [6.07, 6.45) is 11.0. The first-order valence-corrected chi connectivity index (χ1v) is 12.2. The van der Waals surface area contributed by atoms with Gasteiger partial charge in [0, 0.05) is 34.9 Å². The highest BCUT2D eigenvalue weighted by molar-refractivity contribution is 7.92. The number of halogens is 1. The third-order valence-electron chi connectivity index (χ3n) is 5.15. The molecule has 32 heavy (non-hydrogen) atoms. The molecule has 0 aliphatic heterocycles. The lowest BCUT2D eigenvalue weighted by molar-refractivity contribution is 0.407. The SMILES string of the molecule is COc1c(C=Cc2ccc(NS(C)(=O)=O)cc2)cc(-n2ccncc2=O)cc1C1(Cl)CC1. The number of rotatable bonds is 7. The van der Waals surface area contributed by atoms with Crippen LogP contribution in [0.2, 0.25) is 0 Å². The minimum atomic E-state index is -3.33. The van der Waals surface area contributed by atoms with Crippen LogP contribution in [-0.2, 0) is 14.9 Å². The van der Waals surface area contributed by atoms with Gasteiger partial charge in [-0.1, -0.05) is 24.3 Å². The fourth-order valence-corrected chi connectivity index (χ4v) is 4.26. The molecule has 0 bridgehead atoms. The molecule has 7 nitrogen and oxygen atoms in total. The number of nitrogens with zero attached hydrogens (tertiary/aromatic N) is 2. The second-order valence-corrected chi connectivity index (χ2v) is 10.2. The van der Waals surface area contributed by atoms with Crippen LogP contribution in [0.4, 0.5) is 5.69 Å². The standard InChI is InChI=1S/C23H22ClN3O4S/c1-31-22-17(6-3-16-4-7-18(8-5-16)26-32(2,29)30)13-19(14-20(22)23(24)9-10-23)27-12-11-25-15-21(27)28/h3-8,11-15,26H,9-10H2,1-2H3. The number of hydrogen-bond acceptors (Lipinski definition) is 5. The molecule has 3 aromatic rings. The van der Waals surface area contributed by atoms with E-state index in [2.05, 4.69) is 9.71 Å². The maximum absolute atomic E-state index is 12.3. The van der Waals surface area contributed by atoms with E-state index in [4.69, 9.17) is 16.3 Å². The van der Waals surface area contributed by atoms with Crippen molar-refractivity contribution in [3.63, 3.8) is 0 Å². The maximum Gasteiger partial charge on any atom is 0.273 e. The molecule has 0 spiro atoms. The number of aromatic nitrogens is 2. The van der Waals surface area contributed by atoms with Gasteiger partial charge in [-0.15, -0.1) is 11.6 Å². The molecule has 0 unspecified atom stereocenters. The van der Waals surface area contributed by atoms with Gasteiger partial charge in [-0.2, -0.15) is 0 Å². The van der Waals surface area contributed by atoms with Crippen LogP contribution in [0.3, 0.4) is 0 Å². The van der Waals surface area contributed by atoms with Crippen LogP contribution in [0, 0.1) is 0 Å². The van der Waals surface area contributed by atoms with E-state index < -0.39 is 14.9 Å². The molecule has 1 fully saturated rings. The molecule has 1 heterocycles. The summed E-state index contributed by atoms with van der Waals surface area (Å²) in [5.74, 6) is 0.662. The lowest BCUT2D eigenvalue weighted by Crippen LogP contribution is -2.17. The summed E-state index contributed by atoms with van der Waals surface area (Å²) in [6.45, 7) is 0. The van der Waals surface area contributed by atoms with E-state index in [0.717, 1.165) is 35.8 Å². The van der Waals surface area contributed by atoms with Crippen LogP contribution in [-0.4, -0.2) is 31.3 Å². The van der Waals surface area contributed by atoms with Crippen molar-refractivity contribution in [2.75, 3.05) is 18.1 Å². The van der Waals surface area contributed by atoms with Crippen LogP contribution in [0.15, 0.2) is 59.8 Å². The number of ether oxygens (including phenoxy) is 1. The molecule has 9 heteroatoms. The number of methoxy groups -OCH3 is 1. The monoisotopic (exact) mass is 471 g/mol. The molecule has 0 atom stereocenters. The summed E-state index contributed by atoms with van der Waals surface area (Å²) in [5, 5.41) is 0. The molecular formula is C23H22ClN3O4S. The van der Waals surface area contributed by atoms with Crippen molar-refractivity contribution in [3.8, 4) is 11.4 Å². The average molecular weight is 472 g/mol. The van der Waals surface area contributed by atoms with Crippen molar-refractivity contribution in [3.05, 3.63) is 82.0 Å². The van der Waals surface area contributed by atoms with E-state index in [0.29, 0.717) is 17.1 Å². The second kappa shape index (κ2) is 8.44. The van der Waals surface area contributed by atoms with Gasteiger partial charge >= 0.3 is 0 Å². The Hall–Kier alpha value is -3.10. The summed E-state index contributed by atoms with van der Waals surface area (Å²) in [6, 6.07) is 10.7. The van der Waals surface area contributed by atoms with Gasteiger partial charge in [-0.3, -0.25) is 19.1 Å². The molecule has 0 amide bonds. The van der Waals surface area contributed by atoms with Gasteiger partial charge in [-0.25, -0.2) is 8.42 Å². The number of sulfonamides is 1. The minimum absolute atomic E-state index is 0.244. The van der Waals surface area contributed by atoms with Crippen LogP contribution >= 0.6 is 11.6 Å². The highest BCUT2D eigenvalue weighted by Crippen LogP contribution is 2.55. The van der Waals surface area contributed by atoms with E-state index in [9.17, 15) is 13.2 Å². The van der Waals surface area contributed by atoms with Crippen LogP contribution < -0.4 is 15.0 Å². The summed E-state index contributed by atoms with van der Waals surface area (Å²) >= 11 is 6.75. The average Bonchev–Trinajstić information content (AvgIpc) is 3.50. The Morgan fingerprint density at radius 3 is 2.50 bits per heavy atom. The molecule has 1 aromatic heterocycles. The Bertz CT molecular complexity index is 1340. The third-order valence-corrected chi connectivity index (χ3v) is 6.34. The van der Waals surface area contributed by atoms with E-state index in [1.54, 1.807) is 43.8 Å². The molecule has 1 aliphatic carbocycles. The zero-order valence-electron chi connectivity index (χ0n) is 17.6. The van der Waals surface area contributed by atoms with Gasteiger partial charge in [0.2, 0.25) is 10.0 Å². The predicted molar refractivity (Wildman–Crippen MR) is 127 cm³/mol. The Morgan fingerprint density at radius 2 is 1.91 bits per heavy atom. The number of nitrogens with one attached hydrogen (secondary N) is 1. The molecule has 0 saturated heterocycles. The Kier molecular flexibility index (Phi) is 5.83. The van der Waals surface area contributed by atoms with Gasteiger partial charge in [-0.05, 0) is 42.7 Å². The molecule has 1 aliphatic rings. The van der Waals surface area contributed by atoms with Crippen molar-refractivity contribution in [2.45, 2.75) is 17.7 Å². The lowest BCUT2D eigenvalue weighted by atomic mass is 10.0. The molecule has 2 aromatic carbocycles. The number of anilines is 1. The predicted octanol–water partition coefficient (Wildman–Crippen LogP) is 4.01. The van der Waals surface area contributed by atoms with E-state index >= 15 is 0 Å². The number of benzene rings is 2. The quantitative estimate of drug-likeness (QED) is 0.415. The second-order valence-electron chi connectivity index (χ2n) is 7.70. The van der Waals surface area contributed by atoms with E-state index in [1.807, 2.05) is 24.3 Å². The summed E-state index contributed by atoms with van der Waals surface area (Å²) in [7, 11) is -1.73. The number of hydrogen-bond donors (Lipinski definition) is 1. The fraction of sp³-hybridized carbons (Fsp3) is 0.217. The first-order valence-electron chi connectivity index (χ1n) is 9.89. The Balaban J connectivity index is 1.75. The molecule has 4 rings (SSSR count). The third kappa shape index (κ3) is 4.87. The van der Waals surface area contributed by atoms with E-state index in [1.165, 1.54) is 10.8 Å². The topological polar surface area (TPSA) is 90.3 Å². The summed E-state index contributed by atoms with van der Waals surface area (Å²) in [5.41, 5.74) is 3.40. The molecule has 0 radical (unpaired) electrons. The van der Waals surface area contributed by atoms with Crippen molar-refractivity contribution >= 4 is 39.5 Å². The lowest BCUT2D eigenvalue weighted by Gasteiger charge is -2.18. The Morgan fingerprint density at radius 1 is 1.19 bits per heavy atom. The number of alkyl halides is 1. The first-order chi connectivity index (χ1) is 15.2.